The van der Waals surface area contributed by atoms with Crippen molar-refractivity contribution in [1.82, 2.24) is 15.6 Å². The van der Waals surface area contributed by atoms with E-state index >= 15 is 0 Å². The molecule has 0 radical (unpaired) electrons. The van der Waals surface area contributed by atoms with Crippen molar-refractivity contribution < 1.29 is 14.7 Å². The first-order valence-corrected chi connectivity index (χ1v) is 7.17. The van der Waals surface area contributed by atoms with Gasteiger partial charge in [-0.05, 0) is 12.1 Å². The predicted molar refractivity (Wildman–Crippen MR) is 79.0 cm³/mol. The van der Waals surface area contributed by atoms with Crippen molar-refractivity contribution in [2.45, 2.75) is 6.54 Å². The fourth-order valence-corrected chi connectivity index (χ4v) is 1.92. The standard InChI is InChI=1S/C13H17N3O3S/c1-2-6-20-7-5-15-13(19)16-9-11-8-10(12(17)18)3-4-14-11/h2-4,8H,1,5-7,9H2,(H,17,18)(H2,15,16,19). The van der Waals surface area contributed by atoms with Crippen LogP contribution < -0.4 is 10.6 Å². The Bertz CT molecular complexity index is 480. The maximum Gasteiger partial charge on any atom is 0.335 e. The molecule has 0 aromatic carbocycles. The quantitative estimate of drug-likeness (QED) is 0.499. The molecule has 0 bridgehead atoms. The third-order valence-corrected chi connectivity index (χ3v) is 3.23. The molecule has 20 heavy (non-hydrogen) atoms. The molecule has 1 aromatic rings. The van der Waals surface area contributed by atoms with Crippen LogP contribution in [0.15, 0.2) is 31.0 Å². The first kappa shape index (κ1) is 16.0. The Morgan fingerprint density at radius 2 is 2.25 bits per heavy atom. The number of hydrogen-bond acceptors (Lipinski definition) is 4. The van der Waals surface area contributed by atoms with Gasteiger partial charge < -0.3 is 15.7 Å². The summed E-state index contributed by atoms with van der Waals surface area (Å²) in [5.41, 5.74) is 0.652. The number of nitrogens with one attached hydrogen (secondary N) is 2. The molecule has 0 atom stereocenters. The molecule has 0 aliphatic heterocycles. The third kappa shape index (κ3) is 6.24. The van der Waals surface area contributed by atoms with Crippen LogP contribution in [0.2, 0.25) is 0 Å². The van der Waals surface area contributed by atoms with Gasteiger partial charge in [-0.25, -0.2) is 9.59 Å². The largest absolute Gasteiger partial charge is 0.478 e. The van der Waals surface area contributed by atoms with Crippen molar-refractivity contribution in [2.24, 2.45) is 0 Å². The topological polar surface area (TPSA) is 91.3 Å². The zero-order valence-corrected chi connectivity index (χ0v) is 11.8. The normalized spacial score (nSPS) is 9.80. The summed E-state index contributed by atoms with van der Waals surface area (Å²) in [7, 11) is 0. The van der Waals surface area contributed by atoms with Crippen molar-refractivity contribution in [2.75, 3.05) is 18.1 Å². The molecule has 7 heteroatoms. The van der Waals surface area contributed by atoms with Gasteiger partial charge in [-0.3, -0.25) is 4.98 Å². The number of aromatic carboxylic acids is 1. The molecular weight excluding hydrogens is 278 g/mol. The molecule has 1 heterocycles. The van der Waals surface area contributed by atoms with Gasteiger partial charge in [0.1, 0.15) is 0 Å². The van der Waals surface area contributed by atoms with Crippen LogP contribution in [0, 0.1) is 0 Å². The summed E-state index contributed by atoms with van der Waals surface area (Å²) in [4.78, 5) is 26.2. The van der Waals surface area contributed by atoms with E-state index in [-0.39, 0.29) is 18.1 Å². The molecule has 2 amide bonds. The summed E-state index contributed by atoms with van der Waals surface area (Å²) < 4.78 is 0. The van der Waals surface area contributed by atoms with E-state index in [0.29, 0.717) is 12.2 Å². The number of hydrogen-bond donors (Lipinski definition) is 3. The van der Waals surface area contributed by atoms with Crippen LogP contribution >= 0.6 is 11.8 Å². The lowest BCUT2D eigenvalue weighted by Crippen LogP contribution is -2.36. The van der Waals surface area contributed by atoms with Gasteiger partial charge in [-0.2, -0.15) is 11.8 Å². The van der Waals surface area contributed by atoms with Crippen LogP contribution in [0.4, 0.5) is 4.79 Å². The molecule has 0 aliphatic rings. The average molecular weight is 295 g/mol. The number of aromatic nitrogens is 1. The Morgan fingerprint density at radius 1 is 1.45 bits per heavy atom. The van der Waals surface area contributed by atoms with Crippen molar-refractivity contribution in [3.63, 3.8) is 0 Å². The first-order chi connectivity index (χ1) is 9.63. The van der Waals surface area contributed by atoms with E-state index in [2.05, 4.69) is 22.2 Å². The molecule has 0 fully saturated rings. The summed E-state index contributed by atoms with van der Waals surface area (Å²) in [5, 5.41) is 14.2. The second-order valence-electron chi connectivity index (χ2n) is 3.81. The smallest absolute Gasteiger partial charge is 0.335 e. The Balaban J connectivity index is 2.28. The van der Waals surface area contributed by atoms with E-state index in [4.69, 9.17) is 5.11 Å². The van der Waals surface area contributed by atoms with Crippen molar-refractivity contribution in [3.8, 4) is 0 Å². The van der Waals surface area contributed by atoms with E-state index in [1.165, 1.54) is 18.3 Å². The number of nitrogens with zero attached hydrogens (tertiary/aromatic N) is 1. The van der Waals surface area contributed by atoms with Crippen LogP contribution in [-0.2, 0) is 6.54 Å². The van der Waals surface area contributed by atoms with Gasteiger partial charge in [0.25, 0.3) is 0 Å². The maximum absolute atomic E-state index is 11.5. The van der Waals surface area contributed by atoms with Crippen LogP contribution in [0.1, 0.15) is 16.1 Å². The molecule has 1 aromatic heterocycles. The number of amides is 2. The van der Waals surface area contributed by atoms with Gasteiger partial charge in [-0.1, -0.05) is 6.08 Å². The Hall–Kier alpha value is -2.02. The van der Waals surface area contributed by atoms with Gasteiger partial charge in [0.05, 0.1) is 17.8 Å². The minimum atomic E-state index is -1.02. The van der Waals surface area contributed by atoms with E-state index in [1.807, 2.05) is 6.08 Å². The Kier molecular flexibility index (Phi) is 7.20. The summed E-state index contributed by atoms with van der Waals surface area (Å²) >= 11 is 1.68. The number of urea groups is 1. The summed E-state index contributed by atoms with van der Waals surface area (Å²) in [6.45, 7) is 4.36. The highest BCUT2D eigenvalue weighted by Crippen LogP contribution is 2.01. The highest BCUT2D eigenvalue weighted by molar-refractivity contribution is 7.99. The number of carbonyl (C=O) groups is 2. The zero-order chi connectivity index (χ0) is 14.8. The molecule has 0 spiro atoms. The number of thioether (sulfide) groups is 1. The van der Waals surface area contributed by atoms with Crippen LogP contribution in [0.25, 0.3) is 0 Å². The Morgan fingerprint density at radius 3 is 2.95 bits per heavy atom. The molecule has 3 N–H and O–H groups in total. The van der Waals surface area contributed by atoms with Crippen LogP contribution in [0.5, 0.6) is 0 Å². The lowest BCUT2D eigenvalue weighted by Gasteiger charge is -2.07. The highest BCUT2D eigenvalue weighted by atomic mass is 32.2. The van der Waals surface area contributed by atoms with Gasteiger partial charge in [0.2, 0.25) is 0 Å². The molecule has 0 aliphatic carbocycles. The SMILES string of the molecule is C=CCSCCNC(=O)NCc1cc(C(=O)O)ccn1. The van der Waals surface area contributed by atoms with Gasteiger partial charge in [0, 0.05) is 24.2 Å². The molecule has 1 rings (SSSR count). The van der Waals surface area contributed by atoms with Crippen molar-refractivity contribution >= 4 is 23.8 Å². The highest BCUT2D eigenvalue weighted by Gasteiger charge is 2.05. The van der Waals surface area contributed by atoms with E-state index in [1.54, 1.807) is 11.8 Å². The fraction of sp³-hybridized carbons (Fsp3) is 0.308. The molecule has 0 saturated carbocycles. The van der Waals surface area contributed by atoms with E-state index in [9.17, 15) is 9.59 Å². The van der Waals surface area contributed by atoms with E-state index in [0.717, 1.165) is 11.5 Å². The lowest BCUT2D eigenvalue weighted by atomic mass is 10.2. The molecule has 108 valence electrons. The monoisotopic (exact) mass is 295 g/mol. The summed E-state index contributed by atoms with van der Waals surface area (Å²) in [6, 6.07) is 2.54. The minimum Gasteiger partial charge on any atom is -0.478 e. The van der Waals surface area contributed by atoms with Crippen LogP contribution in [-0.4, -0.2) is 40.1 Å². The predicted octanol–water partition coefficient (Wildman–Crippen LogP) is 1.50. The second-order valence-corrected chi connectivity index (χ2v) is 4.96. The van der Waals surface area contributed by atoms with Gasteiger partial charge in [-0.15, -0.1) is 6.58 Å². The van der Waals surface area contributed by atoms with Gasteiger partial charge >= 0.3 is 12.0 Å². The molecule has 0 saturated heterocycles. The molecule has 0 unspecified atom stereocenters. The molecule has 6 nitrogen and oxygen atoms in total. The fourth-order valence-electron chi connectivity index (χ4n) is 1.34. The number of pyridine rings is 1. The molecular formula is C13H17N3O3S. The number of carbonyl (C=O) groups excluding carboxylic acids is 1. The average Bonchev–Trinajstić information content (AvgIpc) is 2.45. The second kappa shape index (κ2) is 8.98. The number of carboxylic acids is 1. The third-order valence-electron chi connectivity index (χ3n) is 2.26. The summed E-state index contributed by atoms with van der Waals surface area (Å²) in [6.07, 6.45) is 3.22. The lowest BCUT2D eigenvalue weighted by molar-refractivity contribution is 0.0696. The van der Waals surface area contributed by atoms with Crippen molar-refractivity contribution in [3.05, 3.63) is 42.2 Å². The minimum absolute atomic E-state index is 0.151. The number of rotatable bonds is 8. The van der Waals surface area contributed by atoms with E-state index < -0.39 is 5.97 Å². The number of carboxylic acid groups (broad SMARTS) is 1. The van der Waals surface area contributed by atoms with Gasteiger partial charge in [0.15, 0.2) is 0 Å². The zero-order valence-electron chi connectivity index (χ0n) is 11.0. The first-order valence-electron chi connectivity index (χ1n) is 6.02. The maximum atomic E-state index is 11.5. The summed E-state index contributed by atoms with van der Waals surface area (Å²) in [5.74, 6) is 0.652. The Labute approximate surface area is 121 Å². The van der Waals surface area contributed by atoms with Crippen LogP contribution in [0.3, 0.4) is 0 Å². The van der Waals surface area contributed by atoms with Crippen molar-refractivity contribution in [1.29, 1.82) is 0 Å².